The number of hydrogen-bond donors (Lipinski definition) is 3. The van der Waals surface area contributed by atoms with Gasteiger partial charge in [0.15, 0.2) is 0 Å². The highest BCUT2D eigenvalue weighted by Crippen LogP contribution is 2.55. The first kappa shape index (κ1) is 26.1. The van der Waals surface area contributed by atoms with Gasteiger partial charge in [-0.2, -0.15) is 61.5 Å². The van der Waals surface area contributed by atoms with Gasteiger partial charge in [0.05, 0.1) is 5.56 Å². The summed E-state index contributed by atoms with van der Waals surface area (Å²) in [5.41, 5.74) is -5.26. The standard InChI is InChI=1S/C12H6BF14NO2/c14-7(15,9(18,19)11(22,23)24)3-1-4(6(28)2-5(3)13(29)30)8(16,17)10(20,21)12(25,26)27/h1-2,29-30H,28H2. The summed E-state index contributed by atoms with van der Waals surface area (Å²) >= 11 is 0. The fourth-order valence-corrected chi connectivity index (χ4v) is 2.09. The van der Waals surface area contributed by atoms with Gasteiger partial charge in [0.25, 0.3) is 0 Å². The Morgan fingerprint density at radius 3 is 1.23 bits per heavy atom. The molecule has 3 nitrogen and oxygen atoms in total. The Morgan fingerprint density at radius 1 is 0.600 bits per heavy atom. The van der Waals surface area contributed by atoms with Crippen molar-refractivity contribution < 1.29 is 71.5 Å². The molecule has 30 heavy (non-hydrogen) atoms. The quantitative estimate of drug-likeness (QED) is 0.349. The van der Waals surface area contributed by atoms with E-state index in [2.05, 4.69) is 0 Å². The molecular formula is C12H6BF14NO2. The molecule has 0 bridgehead atoms. The molecule has 0 aromatic heterocycles. The fourth-order valence-electron chi connectivity index (χ4n) is 2.09. The summed E-state index contributed by atoms with van der Waals surface area (Å²) in [6.45, 7) is 0. The lowest BCUT2D eigenvalue weighted by Crippen LogP contribution is -2.54. The van der Waals surface area contributed by atoms with Gasteiger partial charge in [-0.1, -0.05) is 0 Å². The van der Waals surface area contributed by atoms with Gasteiger partial charge in [-0.25, -0.2) is 0 Å². The molecule has 0 unspecified atom stereocenters. The Morgan fingerprint density at radius 2 is 0.933 bits per heavy atom. The minimum atomic E-state index is -7.11. The van der Waals surface area contributed by atoms with Crippen molar-refractivity contribution >= 4 is 18.3 Å². The van der Waals surface area contributed by atoms with E-state index in [1.54, 1.807) is 0 Å². The fraction of sp³-hybridized carbons (Fsp3) is 0.500. The monoisotopic (exact) mass is 473 g/mol. The first-order chi connectivity index (χ1) is 12.9. The van der Waals surface area contributed by atoms with E-state index in [4.69, 9.17) is 15.8 Å². The zero-order valence-corrected chi connectivity index (χ0v) is 13.5. The molecule has 0 saturated heterocycles. The summed E-state index contributed by atoms with van der Waals surface area (Å²) in [5, 5.41) is 17.7. The SMILES string of the molecule is Nc1cc(B(O)O)c(C(F)(F)C(F)(F)C(F)(F)F)cc1C(F)(F)C(F)(F)C(F)(F)F. The second-order valence-corrected chi connectivity index (χ2v) is 5.69. The van der Waals surface area contributed by atoms with Crippen molar-refractivity contribution in [2.24, 2.45) is 0 Å². The Kier molecular flexibility index (Phi) is 6.11. The van der Waals surface area contributed by atoms with Crippen molar-refractivity contribution in [3.63, 3.8) is 0 Å². The van der Waals surface area contributed by atoms with E-state index >= 15 is 0 Å². The van der Waals surface area contributed by atoms with Crippen LogP contribution in [0.15, 0.2) is 12.1 Å². The minimum Gasteiger partial charge on any atom is -0.423 e. The molecular weight excluding hydrogens is 467 g/mol. The molecule has 18 heteroatoms. The largest absolute Gasteiger partial charge is 0.489 e. The van der Waals surface area contributed by atoms with Gasteiger partial charge < -0.3 is 15.8 Å². The van der Waals surface area contributed by atoms with E-state index in [1.807, 2.05) is 0 Å². The molecule has 172 valence electrons. The third-order valence-electron chi connectivity index (χ3n) is 3.68. The average Bonchev–Trinajstić information content (AvgIpc) is 2.51. The van der Waals surface area contributed by atoms with Crippen LogP contribution in [0.2, 0.25) is 0 Å². The molecule has 1 aromatic rings. The number of halogens is 14. The lowest BCUT2D eigenvalue weighted by Gasteiger charge is -2.32. The van der Waals surface area contributed by atoms with Crippen LogP contribution < -0.4 is 11.2 Å². The van der Waals surface area contributed by atoms with E-state index in [0.717, 1.165) is 0 Å². The Hall–Kier alpha value is -1.98. The van der Waals surface area contributed by atoms with Crippen LogP contribution in [-0.4, -0.2) is 41.4 Å². The predicted octanol–water partition coefficient (Wildman–Crippen LogP) is 3.53. The summed E-state index contributed by atoms with van der Waals surface area (Å²) in [4.78, 5) is 0. The van der Waals surface area contributed by atoms with Crippen molar-refractivity contribution in [2.45, 2.75) is 36.0 Å². The molecule has 0 fully saturated rings. The van der Waals surface area contributed by atoms with Crippen LogP contribution in [0.1, 0.15) is 11.1 Å². The number of anilines is 1. The van der Waals surface area contributed by atoms with Crippen LogP contribution in [0, 0.1) is 0 Å². The topological polar surface area (TPSA) is 66.5 Å². The molecule has 0 radical (unpaired) electrons. The molecule has 0 aliphatic heterocycles. The Bertz CT molecular complexity index is 801. The first-order valence-electron chi connectivity index (χ1n) is 6.89. The maximum atomic E-state index is 13.9. The van der Waals surface area contributed by atoms with Gasteiger partial charge in [0.2, 0.25) is 0 Å². The summed E-state index contributed by atoms with van der Waals surface area (Å²) in [6, 6.07) is -1.88. The summed E-state index contributed by atoms with van der Waals surface area (Å²) in [7, 11) is -3.40. The minimum absolute atomic E-state index is 0.573. The van der Waals surface area contributed by atoms with Crippen LogP contribution in [-0.2, 0) is 11.8 Å². The van der Waals surface area contributed by atoms with Crippen molar-refractivity contribution in [3.8, 4) is 0 Å². The Labute approximate surface area is 156 Å². The second kappa shape index (κ2) is 7.03. The molecule has 0 saturated carbocycles. The summed E-state index contributed by atoms with van der Waals surface area (Å²) in [5.74, 6) is -27.4. The average molecular weight is 473 g/mol. The predicted molar refractivity (Wildman–Crippen MR) is 70.5 cm³/mol. The van der Waals surface area contributed by atoms with Crippen LogP contribution in [0.4, 0.5) is 67.2 Å². The first-order valence-corrected chi connectivity index (χ1v) is 6.89. The van der Waals surface area contributed by atoms with Gasteiger partial charge in [-0.15, -0.1) is 0 Å². The maximum absolute atomic E-state index is 13.9. The molecule has 1 rings (SSSR count). The molecule has 0 spiro atoms. The zero-order valence-electron chi connectivity index (χ0n) is 13.5. The van der Waals surface area contributed by atoms with Gasteiger partial charge in [0.1, 0.15) is 0 Å². The van der Waals surface area contributed by atoms with Gasteiger partial charge in [0, 0.05) is 11.3 Å². The maximum Gasteiger partial charge on any atom is 0.489 e. The van der Waals surface area contributed by atoms with E-state index in [1.165, 1.54) is 0 Å². The highest BCUT2D eigenvalue weighted by atomic mass is 19.4. The van der Waals surface area contributed by atoms with Crippen LogP contribution in [0.25, 0.3) is 0 Å². The number of alkyl halides is 14. The van der Waals surface area contributed by atoms with Crippen LogP contribution in [0.5, 0.6) is 0 Å². The van der Waals surface area contributed by atoms with Crippen molar-refractivity contribution in [3.05, 3.63) is 23.3 Å². The van der Waals surface area contributed by atoms with Gasteiger partial charge in [-0.3, -0.25) is 0 Å². The molecule has 4 N–H and O–H groups in total. The molecule has 1 aromatic carbocycles. The third-order valence-corrected chi connectivity index (χ3v) is 3.68. The van der Waals surface area contributed by atoms with Crippen molar-refractivity contribution in [2.75, 3.05) is 5.73 Å². The Balaban J connectivity index is 3.97. The smallest absolute Gasteiger partial charge is 0.423 e. The molecule has 0 atom stereocenters. The highest BCUT2D eigenvalue weighted by molar-refractivity contribution is 6.59. The highest BCUT2D eigenvalue weighted by Gasteiger charge is 2.76. The second-order valence-electron chi connectivity index (χ2n) is 5.69. The normalized spacial score (nSPS) is 14.8. The summed E-state index contributed by atoms with van der Waals surface area (Å²) < 4.78 is 182. The van der Waals surface area contributed by atoms with Gasteiger partial charge in [-0.05, 0) is 17.6 Å². The molecule has 0 aliphatic rings. The van der Waals surface area contributed by atoms with Crippen LogP contribution in [0.3, 0.4) is 0 Å². The summed E-state index contributed by atoms with van der Waals surface area (Å²) in [6.07, 6.45) is -14.1. The number of benzene rings is 1. The molecule has 0 aliphatic carbocycles. The van der Waals surface area contributed by atoms with E-state index in [0.29, 0.717) is 0 Å². The number of rotatable bonds is 5. The number of nitrogen functional groups attached to an aromatic ring is 1. The van der Waals surface area contributed by atoms with Crippen molar-refractivity contribution in [1.82, 2.24) is 0 Å². The third kappa shape index (κ3) is 3.74. The zero-order chi connectivity index (χ0) is 24.3. The lowest BCUT2D eigenvalue weighted by molar-refractivity contribution is -0.360. The van der Waals surface area contributed by atoms with E-state index in [-0.39, 0.29) is 0 Å². The number of nitrogens with two attached hydrogens (primary N) is 1. The number of hydrogen-bond acceptors (Lipinski definition) is 3. The van der Waals surface area contributed by atoms with Crippen molar-refractivity contribution in [1.29, 1.82) is 0 Å². The molecule has 0 amide bonds. The van der Waals surface area contributed by atoms with Crippen LogP contribution >= 0.6 is 0 Å². The van der Waals surface area contributed by atoms with Gasteiger partial charge >= 0.3 is 43.2 Å². The molecule has 0 heterocycles. The van der Waals surface area contributed by atoms with E-state index < -0.39 is 77.6 Å². The lowest BCUT2D eigenvalue weighted by atomic mass is 9.73. The van der Waals surface area contributed by atoms with E-state index in [9.17, 15) is 61.5 Å².